The smallest absolute Gasteiger partial charge is 0.335 e. The Kier molecular flexibility index (Phi) is 5.13. The Morgan fingerprint density at radius 2 is 1.79 bits per heavy atom. The van der Waals surface area contributed by atoms with Crippen LogP contribution >= 0.6 is 0 Å². The van der Waals surface area contributed by atoms with Crippen LogP contribution in [0.15, 0.2) is 36.4 Å². The number of aromatic nitrogens is 1. The molecule has 29 heavy (non-hydrogen) atoms. The number of nitrogens with one attached hydrogen (secondary N) is 1. The van der Waals surface area contributed by atoms with Gasteiger partial charge in [-0.15, -0.1) is 0 Å². The van der Waals surface area contributed by atoms with E-state index in [-0.39, 0.29) is 17.5 Å². The van der Waals surface area contributed by atoms with Gasteiger partial charge in [-0.1, -0.05) is 19.3 Å². The number of aromatic carboxylic acids is 1. The van der Waals surface area contributed by atoms with E-state index in [0.29, 0.717) is 11.9 Å². The largest absolute Gasteiger partial charge is 0.478 e. The van der Waals surface area contributed by atoms with Crippen LogP contribution in [0.4, 0.5) is 23.0 Å². The Morgan fingerprint density at radius 1 is 1.10 bits per heavy atom. The summed E-state index contributed by atoms with van der Waals surface area (Å²) in [6.07, 6.45) is 5.77. The number of carbonyl (C=O) groups excluding carboxylic acids is 1. The summed E-state index contributed by atoms with van der Waals surface area (Å²) < 4.78 is 0. The molecule has 7 nitrogen and oxygen atoms in total. The van der Waals surface area contributed by atoms with Crippen LogP contribution in [0, 0.1) is 0 Å². The van der Waals surface area contributed by atoms with Crippen molar-refractivity contribution in [3.8, 4) is 0 Å². The maximum absolute atomic E-state index is 12.8. The zero-order valence-corrected chi connectivity index (χ0v) is 16.8. The minimum Gasteiger partial charge on any atom is -0.478 e. The monoisotopic (exact) mass is 394 g/mol. The molecule has 1 amide bonds. The molecule has 152 valence electrons. The average Bonchev–Trinajstić information content (AvgIpc) is 2.73. The molecule has 0 bridgehead atoms. The van der Waals surface area contributed by atoms with E-state index >= 15 is 0 Å². The number of likely N-dealkylation sites (N-methyl/N-ethyl adjacent to an activating group) is 1. The fourth-order valence-electron chi connectivity index (χ4n) is 4.36. The summed E-state index contributed by atoms with van der Waals surface area (Å²) in [5.41, 5.74) is 1.83. The highest BCUT2D eigenvalue weighted by Gasteiger charge is 2.38. The number of fused-ring (bicyclic) bond motifs is 1. The number of amides is 1. The summed E-state index contributed by atoms with van der Waals surface area (Å²) in [6.45, 7) is 1.96. The second-order valence-corrected chi connectivity index (χ2v) is 7.82. The molecule has 1 aliphatic heterocycles. The van der Waals surface area contributed by atoms with E-state index in [1.807, 2.05) is 19.1 Å². The fraction of sp³-hybridized carbons (Fsp3) is 0.409. The van der Waals surface area contributed by atoms with Crippen LogP contribution in [0.3, 0.4) is 0 Å². The van der Waals surface area contributed by atoms with Gasteiger partial charge in [-0.25, -0.2) is 9.78 Å². The zero-order chi connectivity index (χ0) is 20.5. The van der Waals surface area contributed by atoms with Gasteiger partial charge in [-0.3, -0.25) is 4.79 Å². The van der Waals surface area contributed by atoms with Crippen LogP contribution in [0.25, 0.3) is 0 Å². The van der Waals surface area contributed by atoms with Crippen molar-refractivity contribution in [1.29, 1.82) is 0 Å². The quantitative estimate of drug-likeness (QED) is 0.814. The highest BCUT2D eigenvalue weighted by molar-refractivity contribution is 6.04. The Balaban J connectivity index is 1.66. The first-order chi connectivity index (χ1) is 14.0. The molecule has 4 rings (SSSR count). The molecule has 1 atom stereocenters. The lowest BCUT2D eigenvalue weighted by molar-refractivity contribution is -0.119. The Hall–Kier alpha value is -3.09. The third-order valence-electron chi connectivity index (χ3n) is 5.94. The molecule has 2 heterocycles. The predicted octanol–water partition coefficient (Wildman–Crippen LogP) is 4.03. The van der Waals surface area contributed by atoms with E-state index in [1.54, 1.807) is 36.2 Å². The van der Waals surface area contributed by atoms with E-state index in [2.05, 4.69) is 10.2 Å². The van der Waals surface area contributed by atoms with Crippen molar-refractivity contribution in [2.24, 2.45) is 0 Å². The van der Waals surface area contributed by atoms with Crippen LogP contribution < -0.4 is 15.1 Å². The number of hydrogen-bond acceptors (Lipinski definition) is 5. The maximum atomic E-state index is 12.8. The van der Waals surface area contributed by atoms with Gasteiger partial charge in [0.1, 0.15) is 11.9 Å². The van der Waals surface area contributed by atoms with Crippen LogP contribution in [-0.2, 0) is 4.79 Å². The molecule has 0 spiro atoms. The number of hydrogen-bond donors (Lipinski definition) is 2. The zero-order valence-electron chi connectivity index (χ0n) is 16.8. The third kappa shape index (κ3) is 3.64. The number of rotatable bonds is 4. The molecule has 1 fully saturated rings. The molecule has 7 heteroatoms. The Bertz CT molecular complexity index is 922. The summed E-state index contributed by atoms with van der Waals surface area (Å²) in [5.74, 6) is 0.643. The molecule has 2 N–H and O–H groups in total. The van der Waals surface area contributed by atoms with Crippen LogP contribution in [0.5, 0.6) is 0 Å². The SMILES string of the molecule is C[C@@H]1C(=O)N(C)c2ccc(Nc3ccc(C(=O)O)cc3)nc2N1C1CCCCC1. The van der Waals surface area contributed by atoms with E-state index in [9.17, 15) is 9.59 Å². The number of nitrogens with zero attached hydrogens (tertiary/aromatic N) is 3. The summed E-state index contributed by atoms with van der Waals surface area (Å²) in [5, 5.41) is 12.3. The number of pyridine rings is 1. The molecule has 0 radical (unpaired) electrons. The van der Waals surface area contributed by atoms with E-state index in [4.69, 9.17) is 10.1 Å². The third-order valence-corrected chi connectivity index (χ3v) is 5.94. The number of carbonyl (C=O) groups is 2. The van der Waals surface area contributed by atoms with Crippen molar-refractivity contribution in [3.05, 3.63) is 42.0 Å². The molecule has 0 unspecified atom stereocenters. The number of benzene rings is 1. The van der Waals surface area contributed by atoms with Gasteiger partial charge in [0, 0.05) is 18.8 Å². The first kappa shape index (κ1) is 19.2. The lowest BCUT2D eigenvalue weighted by Crippen LogP contribution is -2.55. The lowest BCUT2D eigenvalue weighted by atomic mass is 9.92. The first-order valence-corrected chi connectivity index (χ1v) is 10.1. The molecule has 2 aromatic rings. The molecular formula is C22H26N4O3. The molecule has 2 aliphatic rings. The van der Waals surface area contributed by atoms with Crippen molar-refractivity contribution in [1.82, 2.24) is 4.98 Å². The number of carboxylic acid groups (broad SMARTS) is 1. The fourth-order valence-corrected chi connectivity index (χ4v) is 4.36. The number of carboxylic acids is 1. The normalized spacial score (nSPS) is 19.8. The van der Waals surface area contributed by atoms with E-state index < -0.39 is 5.97 Å². The second-order valence-electron chi connectivity index (χ2n) is 7.82. The van der Waals surface area contributed by atoms with Gasteiger partial charge in [0.25, 0.3) is 0 Å². The molecule has 1 aromatic heterocycles. The maximum Gasteiger partial charge on any atom is 0.335 e. The number of anilines is 4. The topological polar surface area (TPSA) is 85.8 Å². The van der Waals surface area contributed by atoms with Gasteiger partial charge in [0.15, 0.2) is 5.82 Å². The van der Waals surface area contributed by atoms with E-state index in [0.717, 1.165) is 30.0 Å². The Morgan fingerprint density at radius 3 is 2.45 bits per heavy atom. The second kappa shape index (κ2) is 7.73. The molecular weight excluding hydrogens is 368 g/mol. The molecule has 1 aliphatic carbocycles. The summed E-state index contributed by atoms with van der Waals surface area (Å²) >= 11 is 0. The molecule has 0 saturated heterocycles. The van der Waals surface area contributed by atoms with Gasteiger partial charge < -0.3 is 20.2 Å². The summed E-state index contributed by atoms with van der Waals surface area (Å²) in [6, 6.07) is 10.4. The summed E-state index contributed by atoms with van der Waals surface area (Å²) in [4.78, 5) is 32.6. The lowest BCUT2D eigenvalue weighted by Gasteiger charge is -2.44. The Labute approximate surface area is 170 Å². The average molecular weight is 394 g/mol. The van der Waals surface area contributed by atoms with Crippen LogP contribution in [0.2, 0.25) is 0 Å². The van der Waals surface area contributed by atoms with Crippen molar-refractivity contribution in [3.63, 3.8) is 0 Å². The molecule has 1 saturated carbocycles. The van der Waals surface area contributed by atoms with Crippen molar-refractivity contribution < 1.29 is 14.7 Å². The van der Waals surface area contributed by atoms with Gasteiger partial charge in [0.05, 0.1) is 11.3 Å². The van der Waals surface area contributed by atoms with E-state index in [1.165, 1.54) is 19.3 Å². The summed E-state index contributed by atoms with van der Waals surface area (Å²) in [7, 11) is 1.80. The predicted molar refractivity (Wildman–Crippen MR) is 113 cm³/mol. The van der Waals surface area contributed by atoms with Gasteiger partial charge in [-0.2, -0.15) is 0 Å². The van der Waals surface area contributed by atoms with Gasteiger partial charge >= 0.3 is 5.97 Å². The standard InChI is InChI=1S/C22H26N4O3/c1-14-21(27)25(2)18-12-13-19(23-16-10-8-15(9-11-16)22(28)29)24-20(18)26(14)17-6-4-3-5-7-17/h8-14,17H,3-7H2,1-2H3,(H,23,24)(H,28,29)/t14-/m1/s1. The molecule has 1 aromatic carbocycles. The highest BCUT2D eigenvalue weighted by Crippen LogP contribution is 2.39. The minimum absolute atomic E-state index is 0.0924. The minimum atomic E-state index is -0.951. The van der Waals surface area contributed by atoms with Crippen molar-refractivity contribution >= 4 is 34.9 Å². The van der Waals surface area contributed by atoms with Crippen LogP contribution in [-0.4, -0.2) is 41.1 Å². The highest BCUT2D eigenvalue weighted by atomic mass is 16.4. The van der Waals surface area contributed by atoms with Gasteiger partial charge in [0.2, 0.25) is 5.91 Å². The van der Waals surface area contributed by atoms with Gasteiger partial charge in [-0.05, 0) is 56.2 Å². The van der Waals surface area contributed by atoms with Crippen molar-refractivity contribution in [2.75, 3.05) is 22.2 Å². The first-order valence-electron chi connectivity index (χ1n) is 10.1. The van der Waals surface area contributed by atoms with Crippen LogP contribution in [0.1, 0.15) is 49.4 Å². The van der Waals surface area contributed by atoms with Crippen molar-refractivity contribution in [2.45, 2.75) is 51.1 Å².